The van der Waals surface area contributed by atoms with Crippen molar-refractivity contribution in [3.63, 3.8) is 0 Å². The monoisotopic (exact) mass is 348 g/mol. The molecule has 1 aliphatic heterocycles. The molecule has 3 atom stereocenters. The van der Waals surface area contributed by atoms with Crippen molar-refractivity contribution < 1.29 is 19.1 Å². The fraction of sp³-hybridized carbons (Fsp3) is 0.471. The quantitative estimate of drug-likeness (QED) is 0.502. The van der Waals surface area contributed by atoms with Gasteiger partial charge in [-0.3, -0.25) is 14.4 Å². The van der Waals surface area contributed by atoms with Crippen molar-refractivity contribution in [2.45, 2.75) is 24.7 Å². The first-order chi connectivity index (χ1) is 11.9. The van der Waals surface area contributed by atoms with E-state index in [1.54, 1.807) is 14.1 Å². The molecule has 1 saturated heterocycles. The van der Waals surface area contributed by atoms with Crippen LogP contribution in [0.15, 0.2) is 30.3 Å². The minimum atomic E-state index is -0.869. The van der Waals surface area contributed by atoms with E-state index in [4.69, 9.17) is 10.5 Å². The van der Waals surface area contributed by atoms with Crippen LogP contribution >= 0.6 is 0 Å². The van der Waals surface area contributed by atoms with Gasteiger partial charge in [-0.25, -0.2) is 0 Å². The van der Waals surface area contributed by atoms with Crippen molar-refractivity contribution in [1.29, 1.82) is 0 Å². The Kier molecular flexibility index (Phi) is 6.49. The van der Waals surface area contributed by atoms with Crippen LogP contribution in [0.4, 0.5) is 0 Å². The van der Waals surface area contributed by atoms with E-state index in [1.807, 2.05) is 30.3 Å². The second-order valence-electron chi connectivity index (χ2n) is 6.04. The van der Waals surface area contributed by atoms with Gasteiger partial charge in [0.1, 0.15) is 6.04 Å². The third kappa shape index (κ3) is 5.27. The maximum absolute atomic E-state index is 12.4. The van der Waals surface area contributed by atoms with Gasteiger partial charge in [-0.2, -0.15) is 0 Å². The van der Waals surface area contributed by atoms with Crippen molar-refractivity contribution >= 4 is 17.7 Å². The van der Waals surface area contributed by atoms with Crippen molar-refractivity contribution in [2.24, 2.45) is 5.73 Å². The lowest BCUT2D eigenvalue weighted by molar-refractivity contribution is -0.134. The SMILES string of the molecule is CN(C)C(=O)[C@H](Cc1ccccc1)NC(=O)[C@H]1O[C@@H]1C(=O)NCCN. The van der Waals surface area contributed by atoms with Gasteiger partial charge < -0.3 is 26.0 Å². The van der Waals surface area contributed by atoms with Crippen LogP contribution in [0.5, 0.6) is 0 Å². The lowest BCUT2D eigenvalue weighted by Gasteiger charge is -2.21. The Bertz CT molecular complexity index is 620. The molecule has 0 aliphatic carbocycles. The molecule has 8 nitrogen and oxygen atoms in total. The van der Waals surface area contributed by atoms with Gasteiger partial charge in [-0.15, -0.1) is 0 Å². The highest BCUT2D eigenvalue weighted by Gasteiger charge is 2.50. The van der Waals surface area contributed by atoms with Crippen LogP contribution in [-0.4, -0.2) is 68.1 Å². The highest BCUT2D eigenvalue weighted by atomic mass is 16.6. The molecular formula is C17H24N4O4. The lowest BCUT2D eigenvalue weighted by Crippen LogP contribution is -2.49. The summed E-state index contributed by atoms with van der Waals surface area (Å²) in [4.78, 5) is 37.8. The number of likely N-dealkylation sites (N-methyl/N-ethyl adjacent to an activating group) is 1. The average molecular weight is 348 g/mol. The van der Waals surface area contributed by atoms with Crippen LogP contribution in [0, 0.1) is 0 Å². The van der Waals surface area contributed by atoms with Crippen molar-refractivity contribution in [3.8, 4) is 0 Å². The number of rotatable bonds is 8. The molecule has 1 aliphatic rings. The van der Waals surface area contributed by atoms with Crippen molar-refractivity contribution in [2.75, 3.05) is 27.2 Å². The molecule has 0 unspecified atom stereocenters. The van der Waals surface area contributed by atoms with E-state index in [2.05, 4.69) is 10.6 Å². The van der Waals surface area contributed by atoms with E-state index in [1.165, 1.54) is 4.90 Å². The summed E-state index contributed by atoms with van der Waals surface area (Å²) >= 11 is 0. The van der Waals surface area contributed by atoms with E-state index in [9.17, 15) is 14.4 Å². The topological polar surface area (TPSA) is 117 Å². The summed E-state index contributed by atoms with van der Waals surface area (Å²) in [5.74, 6) is -1.06. The fourth-order valence-electron chi connectivity index (χ4n) is 2.42. The second-order valence-corrected chi connectivity index (χ2v) is 6.04. The normalized spacial score (nSPS) is 19.6. The Morgan fingerprint density at radius 2 is 1.80 bits per heavy atom. The van der Waals surface area contributed by atoms with Gasteiger partial charge >= 0.3 is 0 Å². The summed E-state index contributed by atoms with van der Waals surface area (Å²) in [5, 5.41) is 5.26. The molecule has 1 heterocycles. The number of nitrogens with two attached hydrogens (primary N) is 1. The Labute approximate surface area is 146 Å². The molecule has 0 bridgehead atoms. The number of amides is 3. The largest absolute Gasteiger partial charge is 0.352 e. The molecule has 2 rings (SSSR count). The molecule has 0 radical (unpaired) electrons. The fourth-order valence-corrected chi connectivity index (χ4v) is 2.42. The van der Waals surface area contributed by atoms with Gasteiger partial charge in [0, 0.05) is 33.6 Å². The minimum Gasteiger partial charge on any atom is -0.352 e. The number of ether oxygens (including phenoxy) is 1. The molecule has 0 saturated carbocycles. The molecule has 25 heavy (non-hydrogen) atoms. The minimum absolute atomic E-state index is 0.220. The Morgan fingerprint density at radius 3 is 2.40 bits per heavy atom. The van der Waals surface area contributed by atoms with Crippen LogP contribution in [0.3, 0.4) is 0 Å². The molecule has 1 aromatic rings. The highest BCUT2D eigenvalue weighted by molar-refractivity contribution is 5.97. The molecule has 0 aromatic heterocycles. The smallest absolute Gasteiger partial charge is 0.253 e. The number of epoxide rings is 1. The van der Waals surface area contributed by atoms with Gasteiger partial charge in [0.05, 0.1) is 0 Å². The summed E-state index contributed by atoms with van der Waals surface area (Å²) in [6, 6.07) is 8.68. The number of nitrogens with one attached hydrogen (secondary N) is 2. The van der Waals surface area contributed by atoms with E-state index in [-0.39, 0.29) is 11.8 Å². The Morgan fingerprint density at radius 1 is 1.16 bits per heavy atom. The van der Waals surface area contributed by atoms with Gasteiger partial charge in [-0.1, -0.05) is 30.3 Å². The second kappa shape index (κ2) is 8.59. The van der Waals surface area contributed by atoms with E-state index < -0.39 is 24.2 Å². The van der Waals surface area contributed by atoms with E-state index in [0.29, 0.717) is 19.5 Å². The number of nitrogens with zero attached hydrogens (tertiary/aromatic N) is 1. The van der Waals surface area contributed by atoms with Gasteiger partial charge in [-0.05, 0) is 5.56 Å². The van der Waals surface area contributed by atoms with Gasteiger partial charge in [0.2, 0.25) is 5.91 Å². The first kappa shape index (κ1) is 18.9. The van der Waals surface area contributed by atoms with Crippen LogP contribution in [-0.2, 0) is 25.5 Å². The standard InChI is InChI=1S/C17H24N4O4/c1-21(2)17(24)12(10-11-6-4-3-5-7-11)20-16(23)14-13(25-14)15(22)19-9-8-18/h3-7,12-14H,8-10,18H2,1-2H3,(H,19,22)(H,20,23)/t12-,13-,14-/m0/s1. The zero-order chi connectivity index (χ0) is 18.4. The maximum Gasteiger partial charge on any atom is 0.253 e. The predicted molar refractivity (Wildman–Crippen MR) is 91.5 cm³/mol. The third-order valence-corrected chi connectivity index (χ3v) is 3.79. The van der Waals surface area contributed by atoms with Gasteiger partial charge in [0.15, 0.2) is 12.2 Å². The number of hydrogen-bond acceptors (Lipinski definition) is 5. The summed E-state index contributed by atoms with van der Waals surface area (Å²) in [7, 11) is 3.26. The number of benzene rings is 1. The van der Waals surface area contributed by atoms with Crippen LogP contribution in [0.1, 0.15) is 5.56 Å². The molecule has 1 aromatic carbocycles. The van der Waals surface area contributed by atoms with E-state index >= 15 is 0 Å². The highest BCUT2D eigenvalue weighted by Crippen LogP contribution is 2.22. The Balaban J connectivity index is 1.96. The summed E-state index contributed by atoms with van der Waals surface area (Å²) in [6.07, 6.45) is -1.33. The predicted octanol–water partition coefficient (Wildman–Crippen LogP) is -1.36. The molecule has 8 heteroatoms. The average Bonchev–Trinajstić information content (AvgIpc) is 3.40. The van der Waals surface area contributed by atoms with Crippen LogP contribution < -0.4 is 16.4 Å². The van der Waals surface area contributed by atoms with Crippen LogP contribution in [0.25, 0.3) is 0 Å². The molecule has 136 valence electrons. The number of hydrogen-bond donors (Lipinski definition) is 3. The van der Waals surface area contributed by atoms with Crippen molar-refractivity contribution in [1.82, 2.24) is 15.5 Å². The van der Waals surface area contributed by atoms with Gasteiger partial charge in [0.25, 0.3) is 11.8 Å². The summed E-state index contributed by atoms with van der Waals surface area (Å²) < 4.78 is 5.14. The molecular weight excluding hydrogens is 324 g/mol. The van der Waals surface area contributed by atoms with E-state index in [0.717, 1.165) is 5.56 Å². The number of carbonyl (C=O) groups excluding carboxylic acids is 3. The zero-order valence-corrected chi connectivity index (χ0v) is 14.4. The first-order valence-corrected chi connectivity index (χ1v) is 8.12. The Hall–Kier alpha value is -2.45. The maximum atomic E-state index is 12.4. The lowest BCUT2D eigenvalue weighted by atomic mass is 10.0. The first-order valence-electron chi connectivity index (χ1n) is 8.12. The molecule has 1 fully saturated rings. The summed E-state index contributed by atoms with van der Waals surface area (Å²) in [5.41, 5.74) is 6.24. The zero-order valence-electron chi connectivity index (χ0n) is 14.4. The molecule has 3 amide bonds. The van der Waals surface area contributed by atoms with Crippen LogP contribution in [0.2, 0.25) is 0 Å². The van der Waals surface area contributed by atoms with Crippen molar-refractivity contribution in [3.05, 3.63) is 35.9 Å². The molecule has 0 spiro atoms. The molecule has 4 N–H and O–H groups in total. The third-order valence-electron chi connectivity index (χ3n) is 3.79. The number of carbonyl (C=O) groups is 3. The summed E-state index contributed by atoms with van der Waals surface area (Å²) in [6.45, 7) is 0.634.